The van der Waals surface area contributed by atoms with Crippen molar-refractivity contribution in [1.82, 2.24) is 14.8 Å². The molecule has 0 unspecified atom stereocenters. The first kappa shape index (κ1) is 12.4. The molecule has 0 amide bonds. The molecule has 2 aromatic rings. The molecule has 1 fully saturated rings. The van der Waals surface area contributed by atoms with Gasteiger partial charge in [-0.2, -0.15) is 0 Å². The van der Waals surface area contributed by atoms with Gasteiger partial charge in [0.1, 0.15) is 5.82 Å². The second-order valence-electron chi connectivity index (χ2n) is 4.66. The van der Waals surface area contributed by atoms with Gasteiger partial charge in [0.15, 0.2) is 5.82 Å². The summed E-state index contributed by atoms with van der Waals surface area (Å²) in [5.41, 5.74) is 2.36. The molecule has 1 saturated carbocycles. The number of nitrogens with zero attached hydrogens (tertiary/aromatic N) is 3. The van der Waals surface area contributed by atoms with Crippen LogP contribution in [0.2, 0.25) is 0 Å². The minimum absolute atomic E-state index is 0.579. The van der Waals surface area contributed by atoms with Gasteiger partial charge >= 0.3 is 0 Å². The van der Waals surface area contributed by atoms with Crippen molar-refractivity contribution in [2.45, 2.75) is 31.1 Å². The van der Waals surface area contributed by atoms with Gasteiger partial charge in [0.05, 0.1) is 5.33 Å². The Balaban J connectivity index is 2.13. The largest absolute Gasteiger partial charge is 0.307 e. The predicted molar refractivity (Wildman–Crippen MR) is 78.8 cm³/mol. The fourth-order valence-electron chi connectivity index (χ4n) is 2.12. The summed E-state index contributed by atoms with van der Waals surface area (Å²) in [6, 6.07) is 6.92. The molecule has 0 spiro atoms. The number of halogens is 2. The number of rotatable bonds is 3. The molecule has 1 heterocycles. The van der Waals surface area contributed by atoms with Crippen molar-refractivity contribution in [3.63, 3.8) is 0 Å². The lowest BCUT2D eigenvalue weighted by molar-refractivity contribution is 0.714. The number of alkyl halides is 1. The van der Waals surface area contributed by atoms with Crippen LogP contribution in [0.4, 0.5) is 0 Å². The lowest BCUT2D eigenvalue weighted by Gasteiger charge is -2.09. The van der Waals surface area contributed by atoms with Crippen LogP contribution in [0.5, 0.6) is 0 Å². The van der Waals surface area contributed by atoms with E-state index in [-0.39, 0.29) is 0 Å². The fraction of sp³-hybridized carbons (Fsp3) is 0.385. The standard InChI is InChI=1S/C13H13Br2N3/c1-8-2-5-10(11(15)6-8)13-17-16-12(7-14)18(13)9-3-4-9/h2,5-6,9H,3-4,7H2,1H3. The van der Waals surface area contributed by atoms with Crippen LogP contribution in [0.3, 0.4) is 0 Å². The van der Waals surface area contributed by atoms with Crippen LogP contribution in [0, 0.1) is 6.92 Å². The number of aromatic nitrogens is 3. The highest BCUT2D eigenvalue weighted by Crippen LogP contribution is 2.40. The minimum atomic E-state index is 0.579. The molecule has 18 heavy (non-hydrogen) atoms. The van der Waals surface area contributed by atoms with Crippen molar-refractivity contribution >= 4 is 31.9 Å². The summed E-state index contributed by atoms with van der Waals surface area (Å²) in [4.78, 5) is 0. The maximum Gasteiger partial charge on any atom is 0.165 e. The van der Waals surface area contributed by atoms with E-state index in [0.717, 1.165) is 27.0 Å². The maximum absolute atomic E-state index is 4.36. The quantitative estimate of drug-likeness (QED) is 0.756. The van der Waals surface area contributed by atoms with Crippen LogP contribution in [0.1, 0.15) is 30.3 Å². The van der Waals surface area contributed by atoms with Crippen molar-refractivity contribution in [1.29, 1.82) is 0 Å². The normalized spacial score (nSPS) is 15.1. The molecule has 1 aliphatic rings. The second-order valence-corrected chi connectivity index (χ2v) is 6.07. The Morgan fingerprint density at radius 1 is 1.33 bits per heavy atom. The van der Waals surface area contributed by atoms with Crippen LogP contribution in [0.25, 0.3) is 11.4 Å². The molecule has 0 N–H and O–H groups in total. The molecule has 0 aliphatic heterocycles. The van der Waals surface area contributed by atoms with Crippen molar-refractivity contribution in [3.8, 4) is 11.4 Å². The number of benzene rings is 1. The lowest BCUT2D eigenvalue weighted by atomic mass is 10.1. The number of aryl methyl sites for hydroxylation is 1. The third-order valence-corrected chi connectivity index (χ3v) is 4.32. The predicted octanol–water partition coefficient (Wildman–Crippen LogP) is 4.25. The van der Waals surface area contributed by atoms with E-state index >= 15 is 0 Å². The Morgan fingerprint density at radius 3 is 2.72 bits per heavy atom. The molecule has 3 rings (SSSR count). The van der Waals surface area contributed by atoms with E-state index in [2.05, 4.69) is 71.7 Å². The van der Waals surface area contributed by atoms with E-state index in [1.807, 2.05) is 0 Å². The van der Waals surface area contributed by atoms with Gasteiger partial charge in [-0.15, -0.1) is 10.2 Å². The van der Waals surface area contributed by atoms with Crippen molar-refractivity contribution in [2.24, 2.45) is 0 Å². The zero-order valence-electron chi connectivity index (χ0n) is 10.0. The zero-order chi connectivity index (χ0) is 12.7. The SMILES string of the molecule is Cc1ccc(-c2nnc(CBr)n2C2CC2)c(Br)c1. The summed E-state index contributed by atoms with van der Waals surface area (Å²) in [6.07, 6.45) is 2.46. The average Bonchev–Trinajstić information content (AvgIpc) is 3.09. The Morgan fingerprint density at radius 2 is 2.11 bits per heavy atom. The van der Waals surface area contributed by atoms with E-state index in [4.69, 9.17) is 0 Å². The fourth-order valence-corrected chi connectivity index (χ4v) is 3.17. The third-order valence-electron chi connectivity index (χ3n) is 3.16. The molecule has 1 aliphatic carbocycles. The molecule has 5 heteroatoms. The van der Waals surface area contributed by atoms with Gasteiger partial charge < -0.3 is 4.57 Å². The van der Waals surface area contributed by atoms with Crippen molar-refractivity contribution in [2.75, 3.05) is 0 Å². The minimum Gasteiger partial charge on any atom is -0.307 e. The van der Waals surface area contributed by atoms with Gasteiger partial charge in [-0.05, 0) is 37.5 Å². The van der Waals surface area contributed by atoms with E-state index in [1.54, 1.807) is 0 Å². The molecule has 1 aromatic heterocycles. The first-order valence-corrected chi connectivity index (χ1v) is 7.88. The summed E-state index contributed by atoms with van der Waals surface area (Å²) < 4.78 is 3.35. The molecule has 3 nitrogen and oxygen atoms in total. The van der Waals surface area contributed by atoms with Crippen LogP contribution in [-0.4, -0.2) is 14.8 Å². The smallest absolute Gasteiger partial charge is 0.165 e. The van der Waals surface area contributed by atoms with Gasteiger partial charge in [-0.25, -0.2) is 0 Å². The van der Waals surface area contributed by atoms with Crippen LogP contribution in [-0.2, 0) is 5.33 Å². The molecule has 0 saturated heterocycles. The molecule has 0 bridgehead atoms. The van der Waals surface area contributed by atoms with Gasteiger partial charge in [0.2, 0.25) is 0 Å². The summed E-state index contributed by atoms with van der Waals surface area (Å²) >= 11 is 7.11. The third kappa shape index (κ3) is 2.14. The van der Waals surface area contributed by atoms with E-state index < -0.39 is 0 Å². The molecule has 0 radical (unpaired) electrons. The maximum atomic E-state index is 4.36. The molecule has 1 aromatic carbocycles. The van der Waals surface area contributed by atoms with Gasteiger partial charge in [-0.3, -0.25) is 0 Å². The van der Waals surface area contributed by atoms with Crippen LogP contribution in [0.15, 0.2) is 22.7 Å². The summed E-state index contributed by atoms with van der Waals surface area (Å²) in [5, 5.41) is 9.39. The molecule has 0 atom stereocenters. The van der Waals surface area contributed by atoms with Gasteiger partial charge in [-0.1, -0.05) is 37.9 Å². The molecule has 94 valence electrons. The summed E-state index contributed by atoms with van der Waals surface area (Å²) in [6.45, 7) is 2.09. The van der Waals surface area contributed by atoms with Crippen LogP contribution >= 0.6 is 31.9 Å². The second kappa shape index (κ2) is 4.78. The highest BCUT2D eigenvalue weighted by atomic mass is 79.9. The highest BCUT2D eigenvalue weighted by molar-refractivity contribution is 9.10. The monoisotopic (exact) mass is 369 g/mol. The van der Waals surface area contributed by atoms with E-state index in [0.29, 0.717) is 6.04 Å². The summed E-state index contributed by atoms with van der Waals surface area (Å²) in [7, 11) is 0. The van der Waals surface area contributed by atoms with E-state index in [9.17, 15) is 0 Å². The summed E-state index contributed by atoms with van der Waals surface area (Å²) in [5.74, 6) is 1.98. The first-order valence-electron chi connectivity index (χ1n) is 5.97. The number of hydrogen-bond acceptors (Lipinski definition) is 2. The molecular weight excluding hydrogens is 358 g/mol. The van der Waals surface area contributed by atoms with Crippen molar-refractivity contribution in [3.05, 3.63) is 34.1 Å². The Bertz CT molecular complexity index is 588. The first-order chi connectivity index (χ1) is 8.70. The van der Waals surface area contributed by atoms with E-state index in [1.165, 1.54) is 18.4 Å². The Kier molecular flexibility index (Phi) is 3.28. The average molecular weight is 371 g/mol. The Hall–Kier alpha value is -0.680. The zero-order valence-corrected chi connectivity index (χ0v) is 13.2. The van der Waals surface area contributed by atoms with Crippen LogP contribution < -0.4 is 0 Å². The highest BCUT2D eigenvalue weighted by Gasteiger charge is 2.29. The lowest BCUT2D eigenvalue weighted by Crippen LogP contribution is -2.02. The van der Waals surface area contributed by atoms with Gasteiger partial charge in [0.25, 0.3) is 0 Å². The topological polar surface area (TPSA) is 30.7 Å². The van der Waals surface area contributed by atoms with Crippen molar-refractivity contribution < 1.29 is 0 Å². The molecular formula is C13H13Br2N3. The number of hydrogen-bond donors (Lipinski definition) is 0. The Labute approximate surface area is 123 Å². The van der Waals surface area contributed by atoms with Gasteiger partial charge in [0, 0.05) is 16.1 Å².